The molecule has 1 aromatic rings. The fraction of sp³-hybridized carbons (Fsp3) is 0.462. The van der Waals surface area contributed by atoms with Gasteiger partial charge in [0.1, 0.15) is 0 Å². The number of carbonyl (C=O) groups is 2. The molecular weight excluding hydrogens is 230 g/mol. The van der Waals surface area contributed by atoms with E-state index in [0.717, 1.165) is 25.1 Å². The molecule has 1 aliphatic heterocycles. The van der Waals surface area contributed by atoms with Crippen LogP contribution in [0.3, 0.4) is 0 Å². The van der Waals surface area contributed by atoms with Crippen molar-refractivity contribution < 1.29 is 9.59 Å². The third-order valence-corrected chi connectivity index (χ3v) is 3.08. The summed E-state index contributed by atoms with van der Waals surface area (Å²) in [5.74, 6) is -0.688. The predicted molar refractivity (Wildman–Crippen MR) is 67.0 cm³/mol. The molecule has 2 N–H and O–H groups in total. The number of piperidine rings is 1. The number of amides is 2. The number of aryl methyl sites for hydroxylation is 1. The van der Waals surface area contributed by atoms with Crippen molar-refractivity contribution in [2.24, 2.45) is 5.92 Å². The topological polar surface area (TPSA) is 71.1 Å². The summed E-state index contributed by atoms with van der Waals surface area (Å²) in [6.45, 7) is 3.44. The molecule has 1 aromatic heterocycles. The molecule has 0 aliphatic carbocycles. The molecule has 5 heteroatoms. The maximum atomic E-state index is 11.9. The molecule has 2 amide bonds. The maximum absolute atomic E-state index is 11.9. The molecule has 2 rings (SSSR count). The average molecular weight is 247 g/mol. The molecule has 0 radical (unpaired) electrons. The summed E-state index contributed by atoms with van der Waals surface area (Å²) in [6.07, 6.45) is 3.29. The van der Waals surface area contributed by atoms with E-state index < -0.39 is 0 Å². The highest BCUT2D eigenvalue weighted by Crippen LogP contribution is 2.10. The van der Waals surface area contributed by atoms with E-state index in [1.165, 1.54) is 6.20 Å². The van der Waals surface area contributed by atoms with E-state index in [9.17, 15) is 9.59 Å². The monoisotopic (exact) mass is 247 g/mol. The van der Waals surface area contributed by atoms with Gasteiger partial charge < -0.3 is 5.32 Å². The maximum Gasteiger partial charge on any atom is 0.259 e. The summed E-state index contributed by atoms with van der Waals surface area (Å²) in [4.78, 5) is 27.7. The largest absolute Gasteiger partial charge is 0.316 e. The van der Waals surface area contributed by atoms with Crippen molar-refractivity contribution in [3.05, 3.63) is 29.6 Å². The standard InChI is InChI=1S/C13H17N3O2/c1-9-4-5-11(8-15-9)13(18)16-12(17)10-3-2-6-14-7-10/h4-5,8,10,14H,2-3,6-7H2,1H3,(H,16,17,18)/t10-/m0/s1. The van der Waals surface area contributed by atoms with Gasteiger partial charge in [0.2, 0.25) is 5.91 Å². The van der Waals surface area contributed by atoms with Gasteiger partial charge in [0.15, 0.2) is 0 Å². The highest BCUT2D eigenvalue weighted by molar-refractivity contribution is 6.05. The number of imide groups is 1. The number of hydrogen-bond acceptors (Lipinski definition) is 4. The van der Waals surface area contributed by atoms with Crippen molar-refractivity contribution in [1.82, 2.24) is 15.6 Å². The highest BCUT2D eigenvalue weighted by atomic mass is 16.2. The zero-order valence-corrected chi connectivity index (χ0v) is 10.4. The van der Waals surface area contributed by atoms with Crippen LogP contribution < -0.4 is 10.6 Å². The van der Waals surface area contributed by atoms with Crippen LogP contribution in [0.2, 0.25) is 0 Å². The zero-order valence-electron chi connectivity index (χ0n) is 10.4. The minimum absolute atomic E-state index is 0.110. The summed E-state index contributed by atoms with van der Waals surface area (Å²) < 4.78 is 0. The van der Waals surface area contributed by atoms with Crippen LogP contribution in [0.4, 0.5) is 0 Å². The third-order valence-electron chi connectivity index (χ3n) is 3.08. The molecule has 96 valence electrons. The summed E-state index contributed by atoms with van der Waals surface area (Å²) in [6, 6.07) is 3.42. The van der Waals surface area contributed by atoms with Gasteiger partial charge in [-0.2, -0.15) is 0 Å². The third kappa shape index (κ3) is 3.13. The quantitative estimate of drug-likeness (QED) is 0.753. The van der Waals surface area contributed by atoms with Crippen LogP contribution >= 0.6 is 0 Å². The molecule has 1 aliphatic rings. The molecule has 18 heavy (non-hydrogen) atoms. The number of nitrogens with zero attached hydrogens (tertiary/aromatic N) is 1. The Morgan fingerprint density at radius 2 is 2.28 bits per heavy atom. The zero-order chi connectivity index (χ0) is 13.0. The van der Waals surface area contributed by atoms with Crippen LogP contribution in [0.1, 0.15) is 28.9 Å². The summed E-state index contributed by atoms with van der Waals surface area (Å²) in [7, 11) is 0. The average Bonchev–Trinajstić information content (AvgIpc) is 2.40. The van der Waals surface area contributed by atoms with Gasteiger partial charge in [-0.05, 0) is 38.4 Å². The number of rotatable bonds is 2. The SMILES string of the molecule is Cc1ccc(C(=O)NC(=O)[C@H]2CCCNC2)cn1. The van der Waals surface area contributed by atoms with Gasteiger partial charge in [-0.25, -0.2) is 0 Å². The van der Waals surface area contributed by atoms with Gasteiger partial charge in [0.25, 0.3) is 5.91 Å². The van der Waals surface area contributed by atoms with Crippen LogP contribution in [0.5, 0.6) is 0 Å². The first-order valence-electron chi connectivity index (χ1n) is 6.15. The van der Waals surface area contributed by atoms with Gasteiger partial charge in [-0.15, -0.1) is 0 Å². The molecule has 0 saturated carbocycles. The van der Waals surface area contributed by atoms with Gasteiger partial charge >= 0.3 is 0 Å². The Kier molecular flexibility index (Phi) is 4.04. The minimum atomic E-state index is -0.377. The molecular formula is C13H17N3O2. The van der Waals surface area contributed by atoms with E-state index in [0.29, 0.717) is 12.1 Å². The molecule has 0 unspecified atom stereocenters. The van der Waals surface area contributed by atoms with Crippen molar-refractivity contribution in [2.75, 3.05) is 13.1 Å². The summed E-state index contributed by atoms with van der Waals surface area (Å²) in [5.41, 5.74) is 1.26. The number of hydrogen-bond donors (Lipinski definition) is 2. The van der Waals surface area contributed by atoms with Crippen LogP contribution in [0.15, 0.2) is 18.3 Å². The Morgan fingerprint density at radius 1 is 1.44 bits per heavy atom. The second-order valence-electron chi connectivity index (χ2n) is 4.55. The van der Waals surface area contributed by atoms with E-state index in [2.05, 4.69) is 15.6 Å². The first-order valence-corrected chi connectivity index (χ1v) is 6.15. The molecule has 1 atom stereocenters. The number of nitrogens with one attached hydrogen (secondary N) is 2. The van der Waals surface area contributed by atoms with Crippen LogP contribution in [0, 0.1) is 12.8 Å². The predicted octanol–water partition coefficient (Wildman–Crippen LogP) is 0.646. The molecule has 5 nitrogen and oxygen atoms in total. The summed E-state index contributed by atoms with van der Waals surface area (Å²) in [5, 5.41) is 5.58. The van der Waals surface area contributed by atoms with Crippen molar-refractivity contribution >= 4 is 11.8 Å². The van der Waals surface area contributed by atoms with Gasteiger partial charge in [-0.1, -0.05) is 0 Å². The lowest BCUT2D eigenvalue weighted by molar-refractivity contribution is -0.124. The lowest BCUT2D eigenvalue weighted by Gasteiger charge is -2.21. The Balaban J connectivity index is 1.94. The molecule has 0 bridgehead atoms. The Hall–Kier alpha value is -1.75. The molecule has 1 fully saturated rings. The van der Waals surface area contributed by atoms with Crippen LogP contribution in [-0.4, -0.2) is 29.9 Å². The number of carbonyl (C=O) groups excluding carboxylic acids is 2. The second-order valence-corrected chi connectivity index (χ2v) is 4.55. The number of aromatic nitrogens is 1. The summed E-state index contributed by atoms with van der Waals surface area (Å²) >= 11 is 0. The Bertz CT molecular complexity index is 436. The lowest BCUT2D eigenvalue weighted by Crippen LogP contribution is -2.42. The second kappa shape index (κ2) is 5.73. The molecule has 2 heterocycles. The van der Waals surface area contributed by atoms with Crippen molar-refractivity contribution in [2.45, 2.75) is 19.8 Å². The van der Waals surface area contributed by atoms with Crippen molar-refractivity contribution in [3.63, 3.8) is 0 Å². The first kappa shape index (κ1) is 12.7. The Morgan fingerprint density at radius 3 is 2.89 bits per heavy atom. The van der Waals surface area contributed by atoms with Crippen molar-refractivity contribution in [3.8, 4) is 0 Å². The van der Waals surface area contributed by atoms with E-state index in [1.54, 1.807) is 12.1 Å². The van der Waals surface area contributed by atoms with Crippen LogP contribution in [0.25, 0.3) is 0 Å². The first-order chi connectivity index (χ1) is 8.66. The smallest absolute Gasteiger partial charge is 0.259 e. The van der Waals surface area contributed by atoms with Gasteiger partial charge in [0.05, 0.1) is 11.5 Å². The van der Waals surface area contributed by atoms with E-state index in [1.807, 2.05) is 6.92 Å². The lowest BCUT2D eigenvalue weighted by atomic mass is 9.99. The molecule has 1 saturated heterocycles. The van der Waals surface area contributed by atoms with E-state index in [4.69, 9.17) is 0 Å². The van der Waals surface area contributed by atoms with Crippen LogP contribution in [-0.2, 0) is 4.79 Å². The van der Waals surface area contributed by atoms with Crippen molar-refractivity contribution in [1.29, 1.82) is 0 Å². The Labute approximate surface area is 106 Å². The molecule has 0 aromatic carbocycles. The van der Waals surface area contributed by atoms with Gasteiger partial charge in [-0.3, -0.25) is 19.9 Å². The fourth-order valence-electron chi connectivity index (χ4n) is 1.96. The molecule has 0 spiro atoms. The fourth-order valence-corrected chi connectivity index (χ4v) is 1.96. The minimum Gasteiger partial charge on any atom is -0.316 e. The number of pyridine rings is 1. The van der Waals surface area contributed by atoms with E-state index >= 15 is 0 Å². The highest BCUT2D eigenvalue weighted by Gasteiger charge is 2.22. The van der Waals surface area contributed by atoms with E-state index in [-0.39, 0.29) is 17.7 Å². The normalized spacial score (nSPS) is 19.3. The van der Waals surface area contributed by atoms with Gasteiger partial charge in [0, 0.05) is 18.4 Å².